The Morgan fingerprint density at radius 3 is 2.29 bits per heavy atom. The molecule has 0 aliphatic carbocycles. The summed E-state index contributed by atoms with van der Waals surface area (Å²) in [5, 5.41) is 0. The molecule has 0 aromatic heterocycles. The smallest absolute Gasteiger partial charge is 0.253 e. The van der Waals surface area contributed by atoms with E-state index < -0.39 is 0 Å². The molecule has 0 saturated heterocycles. The largest absolute Gasteiger partial charge is 0.398 e. The number of carbonyl (C=O) groups is 1. The summed E-state index contributed by atoms with van der Waals surface area (Å²) in [6, 6.07) is 5.55. The maximum Gasteiger partial charge on any atom is 0.253 e. The van der Waals surface area contributed by atoms with Crippen LogP contribution in [-0.4, -0.2) is 48.4 Å². The van der Waals surface area contributed by atoms with Gasteiger partial charge in [-0.2, -0.15) is 0 Å². The molecule has 0 aliphatic heterocycles. The van der Waals surface area contributed by atoms with Crippen molar-refractivity contribution in [1.82, 2.24) is 9.80 Å². The lowest BCUT2D eigenvalue weighted by Gasteiger charge is -2.24. The molecule has 0 spiro atoms. The van der Waals surface area contributed by atoms with Gasteiger partial charge in [0, 0.05) is 24.3 Å². The van der Waals surface area contributed by atoms with Gasteiger partial charge in [0.05, 0.1) is 0 Å². The molecule has 0 fully saturated rings. The number of rotatable bonds is 8. The van der Waals surface area contributed by atoms with Crippen LogP contribution < -0.4 is 5.73 Å². The molecule has 21 heavy (non-hydrogen) atoms. The first kappa shape index (κ1) is 17.5. The van der Waals surface area contributed by atoms with Crippen molar-refractivity contribution in [3.63, 3.8) is 0 Å². The summed E-state index contributed by atoms with van der Waals surface area (Å²) in [6.07, 6.45) is 1.00. The quantitative estimate of drug-likeness (QED) is 0.749. The molecule has 1 aromatic carbocycles. The van der Waals surface area contributed by atoms with E-state index in [9.17, 15) is 4.79 Å². The van der Waals surface area contributed by atoms with Crippen molar-refractivity contribution in [3.05, 3.63) is 29.3 Å². The molecule has 0 saturated carbocycles. The van der Waals surface area contributed by atoms with Gasteiger partial charge < -0.3 is 15.5 Å². The summed E-state index contributed by atoms with van der Waals surface area (Å²) in [5.74, 6) is 0.0729. The molecule has 0 bridgehead atoms. The fourth-order valence-electron chi connectivity index (χ4n) is 2.38. The number of benzene rings is 1. The molecule has 1 amide bonds. The number of hydrogen-bond acceptors (Lipinski definition) is 3. The van der Waals surface area contributed by atoms with E-state index >= 15 is 0 Å². The SMILES string of the molecule is CCN(CC)CCCN(CC)C(=O)c1ccc(C)c(N)c1. The number of carbonyl (C=O) groups excluding carboxylic acids is 1. The summed E-state index contributed by atoms with van der Waals surface area (Å²) in [7, 11) is 0. The highest BCUT2D eigenvalue weighted by Gasteiger charge is 2.14. The lowest BCUT2D eigenvalue weighted by molar-refractivity contribution is 0.0757. The van der Waals surface area contributed by atoms with Crippen molar-refractivity contribution in [2.45, 2.75) is 34.1 Å². The second kappa shape index (κ2) is 8.67. The van der Waals surface area contributed by atoms with Gasteiger partial charge in [0.25, 0.3) is 5.91 Å². The molecule has 2 N–H and O–H groups in total. The van der Waals surface area contributed by atoms with E-state index in [1.807, 2.05) is 30.9 Å². The van der Waals surface area contributed by atoms with Gasteiger partial charge in [-0.25, -0.2) is 0 Å². The van der Waals surface area contributed by atoms with Crippen LogP contribution in [-0.2, 0) is 0 Å². The second-order valence-electron chi connectivity index (χ2n) is 5.34. The Labute approximate surface area is 128 Å². The van der Waals surface area contributed by atoms with Gasteiger partial charge in [0.2, 0.25) is 0 Å². The van der Waals surface area contributed by atoms with Crippen LogP contribution in [0.4, 0.5) is 5.69 Å². The minimum atomic E-state index is 0.0729. The molecule has 1 aromatic rings. The Bertz CT molecular complexity index is 455. The summed E-state index contributed by atoms with van der Waals surface area (Å²) < 4.78 is 0. The normalized spacial score (nSPS) is 10.9. The third kappa shape index (κ3) is 5.05. The minimum Gasteiger partial charge on any atom is -0.398 e. The minimum absolute atomic E-state index is 0.0729. The van der Waals surface area contributed by atoms with Crippen LogP contribution in [0.15, 0.2) is 18.2 Å². The first-order valence-corrected chi connectivity index (χ1v) is 7.91. The van der Waals surface area contributed by atoms with Crippen LogP contribution in [0.1, 0.15) is 43.1 Å². The second-order valence-corrected chi connectivity index (χ2v) is 5.34. The fraction of sp³-hybridized carbons (Fsp3) is 0.588. The van der Waals surface area contributed by atoms with Crippen LogP contribution in [0, 0.1) is 6.92 Å². The first-order valence-electron chi connectivity index (χ1n) is 7.91. The topological polar surface area (TPSA) is 49.6 Å². The summed E-state index contributed by atoms with van der Waals surface area (Å²) in [4.78, 5) is 16.8. The first-order chi connectivity index (χ1) is 10.0. The summed E-state index contributed by atoms with van der Waals surface area (Å²) in [5.41, 5.74) is 8.27. The highest BCUT2D eigenvalue weighted by Crippen LogP contribution is 2.15. The molecule has 118 valence electrons. The Balaban J connectivity index is 2.62. The number of amides is 1. The number of nitrogens with zero attached hydrogens (tertiary/aromatic N) is 2. The monoisotopic (exact) mass is 291 g/mol. The zero-order chi connectivity index (χ0) is 15.8. The Hall–Kier alpha value is -1.55. The van der Waals surface area contributed by atoms with Gasteiger partial charge in [-0.3, -0.25) is 4.79 Å². The Morgan fingerprint density at radius 2 is 1.76 bits per heavy atom. The van der Waals surface area contributed by atoms with Gasteiger partial charge in [-0.1, -0.05) is 19.9 Å². The maximum atomic E-state index is 12.5. The van der Waals surface area contributed by atoms with Crippen LogP contribution in [0.5, 0.6) is 0 Å². The molecule has 0 unspecified atom stereocenters. The average Bonchev–Trinajstić information content (AvgIpc) is 2.50. The van der Waals surface area contributed by atoms with E-state index in [4.69, 9.17) is 5.73 Å². The van der Waals surface area contributed by atoms with E-state index in [1.165, 1.54) is 0 Å². The van der Waals surface area contributed by atoms with Crippen molar-refractivity contribution in [3.8, 4) is 0 Å². The number of aryl methyl sites for hydroxylation is 1. The van der Waals surface area contributed by atoms with Crippen LogP contribution in [0.3, 0.4) is 0 Å². The standard InChI is InChI=1S/C17H29N3O/c1-5-19(6-2)11-8-12-20(7-3)17(21)15-10-9-14(4)16(18)13-15/h9-10,13H,5-8,11-12,18H2,1-4H3. The number of anilines is 1. The molecule has 0 aliphatic rings. The summed E-state index contributed by atoms with van der Waals surface area (Å²) in [6.45, 7) is 13.0. The van der Waals surface area contributed by atoms with Gasteiger partial charge in [-0.15, -0.1) is 0 Å². The zero-order valence-corrected chi connectivity index (χ0v) is 13.9. The number of nitrogen functional groups attached to an aromatic ring is 1. The lowest BCUT2D eigenvalue weighted by atomic mass is 10.1. The molecule has 0 atom stereocenters. The van der Waals surface area contributed by atoms with E-state index in [-0.39, 0.29) is 5.91 Å². The highest BCUT2D eigenvalue weighted by molar-refractivity contribution is 5.95. The molecular weight excluding hydrogens is 262 g/mol. The van der Waals surface area contributed by atoms with Crippen molar-refractivity contribution >= 4 is 11.6 Å². The van der Waals surface area contributed by atoms with Crippen molar-refractivity contribution in [1.29, 1.82) is 0 Å². The third-order valence-corrected chi connectivity index (χ3v) is 3.99. The van der Waals surface area contributed by atoms with E-state index in [0.29, 0.717) is 11.3 Å². The van der Waals surface area contributed by atoms with Gasteiger partial charge in [0.1, 0.15) is 0 Å². The van der Waals surface area contributed by atoms with Gasteiger partial charge in [-0.05, 0) is 57.6 Å². The summed E-state index contributed by atoms with van der Waals surface area (Å²) >= 11 is 0. The predicted octanol–water partition coefficient (Wildman–Crippen LogP) is 2.77. The molecule has 4 heteroatoms. The molecular formula is C17H29N3O. The Kier molecular flexibility index (Phi) is 7.23. The van der Waals surface area contributed by atoms with E-state index in [0.717, 1.165) is 44.7 Å². The molecule has 0 heterocycles. The maximum absolute atomic E-state index is 12.5. The van der Waals surface area contributed by atoms with Crippen molar-refractivity contribution in [2.24, 2.45) is 0 Å². The van der Waals surface area contributed by atoms with Crippen LogP contribution in [0.25, 0.3) is 0 Å². The van der Waals surface area contributed by atoms with Gasteiger partial charge in [0.15, 0.2) is 0 Å². The highest BCUT2D eigenvalue weighted by atomic mass is 16.2. The fourth-order valence-corrected chi connectivity index (χ4v) is 2.38. The average molecular weight is 291 g/mol. The molecule has 4 nitrogen and oxygen atoms in total. The number of hydrogen-bond donors (Lipinski definition) is 1. The predicted molar refractivity (Wildman–Crippen MR) is 89.6 cm³/mol. The van der Waals surface area contributed by atoms with Crippen LogP contribution in [0.2, 0.25) is 0 Å². The lowest BCUT2D eigenvalue weighted by Crippen LogP contribution is -2.34. The van der Waals surface area contributed by atoms with E-state index in [2.05, 4.69) is 18.7 Å². The van der Waals surface area contributed by atoms with E-state index in [1.54, 1.807) is 6.07 Å². The molecule has 0 radical (unpaired) electrons. The number of nitrogens with two attached hydrogens (primary N) is 1. The third-order valence-electron chi connectivity index (χ3n) is 3.99. The van der Waals surface area contributed by atoms with Crippen LogP contribution >= 0.6 is 0 Å². The Morgan fingerprint density at radius 1 is 1.10 bits per heavy atom. The zero-order valence-electron chi connectivity index (χ0n) is 13.9. The van der Waals surface area contributed by atoms with Crippen molar-refractivity contribution in [2.75, 3.05) is 38.5 Å². The molecule has 1 rings (SSSR count). The van der Waals surface area contributed by atoms with Gasteiger partial charge >= 0.3 is 0 Å². The van der Waals surface area contributed by atoms with Crippen molar-refractivity contribution < 1.29 is 4.79 Å².